The summed E-state index contributed by atoms with van der Waals surface area (Å²) in [7, 11) is 3.80. The highest BCUT2D eigenvalue weighted by molar-refractivity contribution is 6.46. The van der Waals surface area contributed by atoms with E-state index in [-0.39, 0.29) is 11.3 Å². The molecule has 1 aliphatic rings. The fourth-order valence-corrected chi connectivity index (χ4v) is 5.11. The fraction of sp³-hybridized carbons (Fsp3) is 0.281. The van der Waals surface area contributed by atoms with Crippen molar-refractivity contribution in [2.75, 3.05) is 33.8 Å². The molecule has 1 fully saturated rings. The fourth-order valence-electron chi connectivity index (χ4n) is 5.11. The van der Waals surface area contributed by atoms with E-state index in [1.807, 2.05) is 80.5 Å². The topological polar surface area (TPSA) is 96.6 Å². The van der Waals surface area contributed by atoms with E-state index in [4.69, 9.17) is 9.47 Å². The van der Waals surface area contributed by atoms with Crippen molar-refractivity contribution >= 4 is 23.1 Å². The molecule has 9 nitrogen and oxygen atoms in total. The Hall–Kier alpha value is -4.63. The zero-order chi connectivity index (χ0) is 29.1. The van der Waals surface area contributed by atoms with Crippen LogP contribution in [-0.4, -0.2) is 69.8 Å². The van der Waals surface area contributed by atoms with Crippen LogP contribution in [0.4, 0.5) is 0 Å². The molecule has 1 saturated heterocycles. The standard InChI is InChI=1S/C32H34N4O5/c1-5-40-25-19-23(14-15-24(25)41-20-22-11-7-6-8-12-22)29-27(31(38)32(39)36(29)18-17-34(3)4)30(37)28-21(2)33-26-13-9-10-16-35(26)28/h6-16,19,29,37H,5,17-18,20H2,1-4H3/b30-27+. The van der Waals surface area contributed by atoms with Gasteiger partial charge in [-0.25, -0.2) is 4.98 Å². The molecule has 2 aromatic carbocycles. The second-order valence-electron chi connectivity index (χ2n) is 10.2. The normalized spacial score (nSPS) is 16.6. The van der Waals surface area contributed by atoms with E-state index in [1.165, 1.54) is 4.90 Å². The Morgan fingerprint density at radius 3 is 2.49 bits per heavy atom. The molecule has 1 amide bonds. The van der Waals surface area contributed by atoms with Crippen LogP contribution < -0.4 is 9.47 Å². The number of rotatable bonds is 10. The lowest BCUT2D eigenvalue weighted by Crippen LogP contribution is -2.35. The van der Waals surface area contributed by atoms with Gasteiger partial charge in [-0.3, -0.25) is 14.0 Å². The van der Waals surface area contributed by atoms with E-state index in [9.17, 15) is 14.7 Å². The van der Waals surface area contributed by atoms with Gasteiger partial charge in [-0.1, -0.05) is 42.5 Å². The van der Waals surface area contributed by atoms with Gasteiger partial charge < -0.3 is 24.4 Å². The van der Waals surface area contributed by atoms with Crippen LogP contribution in [0.25, 0.3) is 11.4 Å². The maximum absolute atomic E-state index is 13.6. The molecule has 1 aliphatic heterocycles. The highest BCUT2D eigenvalue weighted by Crippen LogP contribution is 2.42. The molecule has 1 N–H and O–H groups in total. The van der Waals surface area contributed by atoms with Crippen LogP contribution in [0.15, 0.2) is 78.5 Å². The minimum atomic E-state index is -0.828. The lowest BCUT2D eigenvalue weighted by atomic mass is 9.96. The second-order valence-corrected chi connectivity index (χ2v) is 10.2. The van der Waals surface area contributed by atoms with Gasteiger partial charge in [-0.2, -0.15) is 0 Å². The molecule has 0 spiro atoms. The largest absolute Gasteiger partial charge is 0.505 e. The summed E-state index contributed by atoms with van der Waals surface area (Å²) in [5.74, 6) is -0.627. The number of aliphatic hydroxyl groups is 1. The Balaban J connectivity index is 1.61. The third kappa shape index (κ3) is 5.53. The number of ketones is 1. The van der Waals surface area contributed by atoms with Crippen molar-refractivity contribution in [3.05, 3.63) is 101 Å². The van der Waals surface area contributed by atoms with Crippen molar-refractivity contribution in [2.45, 2.75) is 26.5 Å². The zero-order valence-corrected chi connectivity index (χ0v) is 23.7. The summed E-state index contributed by atoms with van der Waals surface area (Å²) in [5.41, 5.74) is 3.22. The molecule has 4 aromatic rings. The first kappa shape index (κ1) is 27.9. The monoisotopic (exact) mass is 554 g/mol. The third-order valence-electron chi connectivity index (χ3n) is 7.08. The van der Waals surface area contributed by atoms with Crippen molar-refractivity contribution < 1.29 is 24.2 Å². The number of Topliss-reactive ketones (excluding diaryl/α,β-unsaturated/α-hetero) is 1. The second kappa shape index (κ2) is 11.9. The smallest absolute Gasteiger partial charge is 0.295 e. The van der Waals surface area contributed by atoms with Gasteiger partial charge in [0.15, 0.2) is 17.3 Å². The van der Waals surface area contributed by atoms with Crippen LogP contribution in [0.2, 0.25) is 0 Å². The number of nitrogens with zero attached hydrogens (tertiary/aromatic N) is 4. The molecule has 0 bridgehead atoms. The Morgan fingerprint density at radius 1 is 1.00 bits per heavy atom. The first-order valence-corrected chi connectivity index (χ1v) is 13.6. The predicted molar refractivity (Wildman–Crippen MR) is 156 cm³/mol. The summed E-state index contributed by atoms with van der Waals surface area (Å²) >= 11 is 0. The molecule has 9 heteroatoms. The van der Waals surface area contributed by atoms with Gasteiger partial charge in [-0.05, 0) is 63.3 Å². The number of imidazole rings is 1. The summed E-state index contributed by atoms with van der Waals surface area (Å²) in [6.45, 7) is 5.23. The molecule has 1 unspecified atom stereocenters. The van der Waals surface area contributed by atoms with Gasteiger partial charge in [0.25, 0.3) is 11.7 Å². The van der Waals surface area contributed by atoms with Gasteiger partial charge in [0.1, 0.15) is 17.9 Å². The van der Waals surface area contributed by atoms with E-state index in [0.717, 1.165) is 5.56 Å². The van der Waals surface area contributed by atoms with Crippen molar-refractivity contribution in [1.29, 1.82) is 0 Å². The van der Waals surface area contributed by atoms with E-state index in [1.54, 1.807) is 29.7 Å². The van der Waals surface area contributed by atoms with Gasteiger partial charge >= 0.3 is 0 Å². The van der Waals surface area contributed by atoms with Crippen LogP contribution in [0, 0.1) is 6.92 Å². The third-order valence-corrected chi connectivity index (χ3v) is 7.08. The number of amides is 1. The number of ether oxygens (including phenoxy) is 2. The van der Waals surface area contributed by atoms with Crippen molar-refractivity contribution in [2.24, 2.45) is 0 Å². The predicted octanol–water partition coefficient (Wildman–Crippen LogP) is 4.60. The number of likely N-dealkylation sites (tertiary alicyclic amines) is 1. The Labute approximate surface area is 239 Å². The summed E-state index contributed by atoms with van der Waals surface area (Å²) in [4.78, 5) is 35.0. The number of aromatic nitrogens is 2. The number of carbonyl (C=O) groups excluding carboxylic acids is 2. The van der Waals surface area contributed by atoms with E-state index < -0.39 is 17.7 Å². The number of benzene rings is 2. The summed E-state index contributed by atoms with van der Waals surface area (Å²) in [5, 5.41) is 11.7. The number of pyridine rings is 1. The minimum Gasteiger partial charge on any atom is -0.505 e. The molecule has 2 aromatic heterocycles. The number of aryl methyl sites for hydroxylation is 1. The molecule has 41 heavy (non-hydrogen) atoms. The number of carbonyl (C=O) groups is 2. The Morgan fingerprint density at radius 2 is 1.76 bits per heavy atom. The zero-order valence-electron chi connectivity index (χ0n) is 23.7. The van der Waals surface area contributed by atoms with E-state index in [2.05, 4.69) is 4.98 Å². The SMILES string of the molecule is CCOc1cc(C2/C(=C(\O)c3c(C)nc4ccccn34)C(=O)C(=O)N2CCN(C)C)ccc1OCc1ccccc1. The molecule has 5 rings (SSSR count). The summed E-state index contributed by atoms with van der Waals surface area (Å²) in [6.07, 6.45) is 1.77. The van der Waals surface area contributed by atoms with Crippen LogP contribution >= 0.6 is 0 Å². The van der Waals surface area contributed by atoms with Gasteiger partial charge in [0.2, 0.25) is 0 Å². The average Bonchev–Trinajstić information content (AvgIpc) is 3.43. The quantitative estimate of drug-likeness (QED) is 0.174. The van der Waals surface area contributed by atoms with Crippen LogP contribution in [-0.2, 0) is 16.2 Å². The number of hydrogen-bond acceptors (Lipinski definition) is 7. The van der Waals surface area contributed by atoms with Gasteiger partial charge in [0, 0.05) is 19.3 Å². The number of aliphatic hydroxyl groups excluding tert-OH is 1. The van der Waals surface area contributed by atoms with Crippen molar-refractivity contribution in [1.82, 2.24) is 19.2 Å². The van der Waals surface area contributed by atoms with E-state index >= 15 is 0 Å². The molecule has 0 radical (unpaired) electrons. The molecule has 1 atom stereocenters. The molecule has 3 heterocycles. The molecule has 212 valence electrons. The number of hydrogen-bond donors (Lipinski definition) is 1. The molecule has 0 aliphatic carbocycles. The lowest BCUT2D eigenvalue weighted by molar-refractivity contribution is -0.140. The van der Waals surface area contributed by atoms with Crippen LogP contribution in [0.3, 0.4) is 0 Å². The first-order chi connectivity index (χ1) is 19.8. The average molecular weight is 555 g/mol. The van der Waals surface area contributed by atoms with Crippen molar-refractivity contribution in [3.8, 4) is 11.5 Å². The lowest BCUT2D eigenvalue weighted by Gasteiger charge is -2.27. The Kier molecular flexibility index (Phi) is 8.07. The van der Waals surface area contributed by atoms with Gasteiger partial charge in [0.05, 0.1) is 23.9 Å². The van der Waals surface area contributed by atoms with Crippen LogP contribution in [0.1, 0.15) is 35.5 Å². The maximum atomic E-state index is 13.6. The highest BCUT2D eigenvalue weighted by Gasteiger charge is 2.46. The number of likely N-dealkylation sites (N-methyl/N-ethyl adjacent to an activating group) is 1. The minimum absolute atomic E-state index is 0.0166. The maximum Gasteiger partial charge on any atom is 0.295 e. The summed E-state index contributed by atoms with van der Waals surface area (Å²) < 4.78 is 13.8. The van der Waals surface area contributed by atoms with E-state index in [0.29, 0.717) is 60.4 Å². The van der Waals surface area contributed by atoms with Gasteiger partial charge in [-0.15, -0.1) is 0 Å². The Bertz CT molecular complexity index is 1610. The highest BCUT2D eigenvalue weighted by atomic mass is 16.5. The summed E-state index contributed by atoms with van der Waals surface area (Å²) in [6, 6.07) is 19.9. The molecular formula is C32H34N4O5. The molecule has 0 saturated carbocycles. The number of fused-ring (bicyclic) bond motifs is 1. The van der Waals surface area contributed by atoms with Crippen molar-refractivity contribution in [3.63, 3.8) is 0 Å². The van der Waals surface area contributed by atoms with Crippen LogP contribution in [0.5, 0.6) is 11.5 Å². The molecular weight excluding hydrogens is 520 g/mol. The first-order valence-electron chi connectivity index (χ1n) is 13.6.